The van der Waals surface area contributed by atoms with Crippen LogP contribution in [0.4, 0.5) is 0 Å². The summed E-state index contributed by atoms with van der Waals surface area (Å²) in [7, 11) is -3.68. The van der Waals surface area contributed by atoms with Crippen LogP contribution in [0, 0.1) is 6.92 Å². The van der Waals surface area contributed by atoms with Crippen molar-refractivity contribution in [1.82, 2.24) is 9.29 Å². The summed E-state index contributed by atoms with van der Waals surface area (Å²) in [5.41, 5.74) is 1.55. The maximum absolute atomic E-state index is 12.5. The Morgan fingerprint density at radius 2 is 2.05 bits per heavy atom. The summed E-state index contributed by atoms with van der Waals surface area (Å²) in [6.07, 6.45) is 0. The van der Waals surface area contributed by atoms with Gasteiger partial charge < -0.3 is 4.42 Å². The van der Waals surface area contributed by atoms with Gasteiger partial charge in [-0.2, -0.15) is 4.31 Å². The minimum absolute atomic E-state index is 0.0901. The van der Waals surface area contributed by atoms with E-state index < -0.39 is 10.0 Å². The SMILES string of the molecule is CCN(Cc1cccc(C)n1)S(=O)(=O)c1ccc(CCl)o1. The molecule has 114 valence electrons. The first-order valence-electron chi connectivity index (χ1n) is 6.54. The van der Waals surface area contributed by atoms with Crippen molar-refractivity contribution < 1.29 is 12.8 Å². The summed E-state index contributed by atoms with van der Waals surface area (Å²) in [5.74, 6) is 0.570. The highest BCUT2D eigenvalue weighted by Gasteiger charge is 2.27. The average molecular weight is 329 g/mol. The first kappa shape index (κ1) is 16.0. The molecule has 0 bridgehead atoms. The third-order valence-corrected chi connectivity index (χ3v) is 5.06. The van der Waals surface area contributed by atoms with Gasteiger partial charge >= 0.3 is 0 Å². The van der Waals surface area contributed by atoms with E-state index in [1.165, 1.54) is 10.4 Å². The molecule has 0 saturated heterocycles. The van der Waals surface area contributed by atoms with Crippen LogP contribution in [0.15, 0.2) is 39.8 Å². The van der Waals surface area contributed by atoms with Gasteiger partial charge in [-0.1, -0.05) is 13.0 Å². The van der Waals surface area contributed by atoms with Gasteiger partial charge in [0.1, 0.15) is 5.76 Å². The lowest BCUT2D eigenvalue weighted by atomic mass is 10.3. The summed E-state index contributed by atoms with van der Waals surface area (Å²) < 4.78 is 31.7. The zero-order chi connectivity index (χ0) is 15.5. The van der Waals surface area contributed by atoms with Gasteiger partial charge in [0.2, 0.25) is 5.09 Å². The van der Waals surface area contributed by atoms with Gasteiger partial charge in [-0.05, 0) is 31.2 Å². The zero-order valence-electron chi connectivity index (χ0n) is 11.9. The Morgan fingerprint density at radius 3 is 2.62 bits per heavy atom. The minimum Gasteiger partial charge on any atom is -0.447 e. The number of pyridine rings is 1. The van der Waals surface area contributed by atoms with Crippen molar-refractivity contribution in [2.45, 2.75) is 31.4 Å². The van der Waals surface area contributed by atoms with Gasteiger partial charge in [0.25, 0.3) is 10.0 Å². The van der Waals surface area contributed by atoms with E-state index >= 15 is 0 Å². The third-order valence-electron chi connectivity index (χ3n) is 3.00. The molecule has 0 saturated carbocycles. The van der Waals surface area contributed by atoms with Gasteiger partial charge in [-0.25, -0.2) is 8.42 Å². The topological polar surface area (TPSA) is 63.4 Å². The Kier molecular flexibility index (Phi) is 5.03. The fourth-order valence-electron chi connectivity index (χ4n) is 1.93. The highest BCUT2D eigenvalue weighted by Crippen LogP contribution is 2.21. The molecule has 0 fully saturated rings. The van der Waals surface area contributed by atoms with Crippen molar-refractivity contribution in [1.29, 1.82) is 0 Å². The van der Waals surface area contributed by atoms with E-state index in [1.54, 1.807) is 19.1 Å². The second-order valence-electron chi connectivity index (χ2n) is 4.56. The average Bonchev–Trinajstić information content (AvgIpc) is 2.94. The first-order valence-corrected chi connectivity index (χ1v) is 8.52. The van der Waals surface area contributed by atoms with Crippen LogP contribution in [0.1, 0.15) is 24.1 Å². The molecule has 2 heterocycles. The van der Waals surface area contributed by atoms with Crippen molar-refractivity contribution in [3.63, 3.8) is 0 Å². The minimum atomic E-state index is -3.68. The molecule has 0 radical (unpaired) electrons. The predicted octanol–water partition coefficient (Wildman–Crippen LogP) is 2.93. The molecule has 0 N–H and O–H groups in total. The molecule has 2 aromatic rings. The first-order chi connectivity index (χ1) is 9.97. The van der Waals surface area contributed by atoms with Gasteiger partial charge in [-0.3, -0.25) is 4.98 Å². The number of halogens is 1. The summed E-state index contributed by atoms with van der Waals surface area (Å²) in [5, 5.41) is -0.0901. The van der Waals surface area contributed by atoms with Crippen LogP contribution >= 0.6 is 11.6 Å². The number of aromatic nitrogens is 1. The molecule has 21 heavy (non-hydrogen) atoms. The molecule has 2 rings (SSSR count). The monoisotopic (exact) mass is 328 g/mol. The van der Waals surface area contributed by atoms with E-state index in [4.69, 9.17) is 16.0 Å². The van der Waals surface area contributed by atoms with Crippen molar-refractivity contribution in [2.75, 3.05) is 6.54 Å². The molecule has 0 amide bonds. The van der Waals surface area contributed by atoms with Crippen LogP contribution in [0.3, 0.4) is 0 Å². The molecule has 2 aromatic heterocycles. The number of nitrogens with zero attached hydrogens (tertiary/aromatic N) is 2. The smallest absolute Gasteiger partial charge is 0.276 e. The highest BCUT2D eigenvalue weighted by molar-refractivity contribution is 7.89. The number of furan rings is 1. The zero-order valence-corrected chi connectivity index (χ0v) is 13.5. The maximum Gasteiger partial charge on any atom is 0.276 e. The van der Waals surface area contributed by atoms with Gasteiger partial charge in [-0.15, -0.1) is 11.6 Å². The van der Waals surface area contributed by atoms with Crippen molar-refractivity contribution in [3.8, 4) is 0 Å². The molecule has 7 heteroatoms. The van der Waals surface area contributed by atoms with E-state index in [0.717, 1.165) is 5.69 Å². The van der Waals surface area contributed by atoms with Crippen LogP contribution < -0.4 is 0 Å². The summed E-state index contributed by atoms with van der Waals surface area (Å²) in [6.45, 7) is 4.18. The Balaban J connectivity index is 2.27. The molecule has 0 aliphatic carbocycles. The molecular formula is C14H17ClN2O3S. The van der Waals surface area contributed by atoms with Crippen LogP contribution in [0.5, 0.6) is 0 Å². The van der Waals surface area contributed by atoms with Crippen LogP contribution in [-0.4, -0.2) is 24.3 Å². The second kappa shape index (κ2) is 6.60. The lowest BCUT2D eigenvalue weighted by Crippen LogP contribution is -2.30. The largest absolute Gasteiger partial charge is 0.447 e. The lowest BCUT2D eigenvalue weighted by Gasteiger charge is -2.18. The summed E-state index contributed by atoms with van der Waals surface area (Å²) in [6, 6.07) is 8.53. The maximum atomic E-state index is 12.5. The molecular weight excluding hydrogens is 312 g/mol. The third kappa shape index (κ3) is 3.64. The van der Waals surface area contributed by atoms with Crippen molar-refractivity contribution in [3.05, 3.63) is 47.5 Å². The Morgan fingerprint density at radius 1 is 1.29 bits per heavy atom. The van der Waals surface area contributed by atoms with Crippen LogP contribution in [-0.2, 0) is 22.4 Å². The number of hydrogen-bond acceptors (Lipinski definition) is 4. The summed E-state index contributed by atoms with van der Waals surface area (Å²) >= 11 is 5.64. The summed E-state index contributed by atoms with van der Waals surface area (Å²) in [4.78, 5) is 4.33. The highest BCUT2D eigenvalue weighted by atomic mass is 35.5. The molecule has 0 aliphatic rings. The standard InChI is InChI=1S/C14H17ClN2O3S/c1-3-17(10-12-6-4-5-11(2)16-12)21(18,19)14-8-7-13(9-15)20-14/h4-8H,3,9-10H2,1-2H3. The van der Waals surface area contributed by atoms with Gasteiger partial charge in [0.15, 0.2) is 0 Å². The number of alkyl halides is 1. The van der Waals surface area contributed by atoms with Crippen LogP contribution in [0.25, 0.3) is 0 Å². The molecule has 0 aliphatic heterocycles. The van der Waals surface area contributed by atoms with E-state index in [2.05, 4.69) is 4.98 Å². The van der Waals surface area contributed by atoms with E-state index in [-0.39, 0.29) is 17.5 Å². The predicted molar refractivity (Wildman–Crippen MR) is 80.5 cm³/mol. The van der Waals surface area contributed by atoms with Crippen LogP contribution in [0.2, 0.25) is 0 Å². The fourth-order valence-corrected chi connectivity index (χ4v) is 3.42. The van der Waals surface area contributed by atoms with Gasteiger partial charge in [0.05, 0.1) is 18.1 Å². The molecule has 0 aromatic carbocycles. The number of rotatable bonds is 6. The number of hydrogen-bond donors (Lipinski definition) is 0. The number of sulfonamides is 1. The van der Waals surface area contributed by atoms with E-state index in [1.807, 2.05) is 19.1 Å². The Bertz CT molecular complexity index is 713. The van der Waals surface area contributed by atoms with E-state index in [0.29, 0.717) is 18.0 Å². The molecule has 0 spiro atoms. The van der Waals surface area contributed by atoms with Crippen molar-refractivity contribution >= 4 is 21.6 Å². The number of aryl methyl sites for hydroxylation is 1. The van der Waals surface area contributed by atoms with E-state index in [9.17, 15) is 8.42 Å². The lowest BCUT2D eigenvalue weighted by molar-refractivity contribution is 0.373. The second-order valence-corrected chi connectivity index (χ2v) is 6.69. The quantitative estimate of drug-likeness (QED) is 0.765. The molecule has 0 unspecified atom stereocenters. The van der Waals surface area contributed by atoms with Crippen molar-refractivity contribution in [2.24, 2.45) is 0 Å². The molecule has 5 nitrogen and oxygen atoms in total. The Hall–Kier alpha value is -1.37. The fraction of sp³-hybridized carbons (Fsp3) is 0.357. The Labute approximate surface area is 129 Å². The van der Waals surface area contributed by atoms with Gasteiger partial charge in [0, 0.05) is 12.2 Å². The molecule has 0 atom stereocenters. The normalized spacial score (nSPS) is 12.0.